The number of hydrogen-bond acceptors (Lipinski definition) is 3. The van der Waals surface area contributed by atoms with Crippen LogP contribution in [-0.2, 0) is 0 Å². The molecule has 1 amide bonds. The molecule has 0 aromatic heterocycles. The van der Waals surface area contributed by atoms with Crippen LogP contribution >= 0.6 is 0 Å². The molecular formula is C21H23NO3. The van der Waals surface area contributed by atoms with Crippen LogP contribution < -0.4 is 5.32 Å². The normalized spacial score (nSPS) is 20.0. The third-order valence-electron chi connectivity index (χ3n) is 4.76. The summed E-state index contributed by atoms with van der Waals surface area (Å²) in [7, 11) is 0. The SMILES string of the molecule is O=C(NCC1CCCC(O)C1)c1ccccc1C(=O)c1ccccc1. The van der Waals surface area contributed by atoms with Gasteiger partial charge in [0.1, 0.15) is 0 Å². The average molecular weight is 337 g/mol. The Hall–Kier alpha value is -2.46. The van der Waals surface area contributed by atoms with Crippen molar-refractivity contribution >= 4 is 11.7 Å². The van der Waals surface area contributed by atoms with Crippen LogP contribution in [0.2, 0.25) is 0 Å². The second-order valence-electron chi connectivity index (χ2n) is 6.64. The van der Waals surface area contributed by atoms with Crippen LogP contribution in [0.3, 0.4) is 0 Å². The van der Waals surface area contributed by atoms with Gasteiger partial charge in [0.2, 0.25) is 0 Å². The van der Waals surface area contributed by atoms with Gasteiger partial charge in [0, 0.05) is 17.7 Å². The van der Waals surface area contributed by atoms with Gasteiger partial charge in [-0.3, -0.25) is 9.59 Å². The van der Waals surface area contributed by atoms with E-state index in [1.54, 1.807) is 36.4 Å². The lowest BCUT2D eigenvalue weighted by Gasteiger charge is -2.26. The van der Waals surface area contributed by atoms with Crippen LogP contribution in [0.1, 0.15) is 52.0 Å². The number of aliphatic hydroxyl groups excluding tert-OH is 1. The molecule has 0 aliphatic heterocycles. The summed E-state index contributed by atoms with van der Waals surface area (Å²) in [5.41, 5.74) is 1.38. The highest BCUT2D eigenvalue weighted by molar-refractivity contribution is 6.15. The molecule has 0 saturated heterocycles. The van der Waals surface area contributed by atoms with Crippen LogP contribution in [0.4, 0.5) is 0 Å². The Labute approximate surface area is 147 Å². The first-order valence-electron chi connectivity index (χ1n) is 8.80. The molecule has 4 heteroatoms. The molecule has 4 nitrogen and oxygen atoms in total. The third kappa shape index (κ3) is 4.34. The van der Waals surface area contributed by atoms with Crippen molar-refractivity contribution in [3.05, 3.63) is 71.3 Å². The van der Waals surface area contributed by atoms with Gasteiger partial charge in [-0.2, -0.15) is 0 Å². The van der Waals surface area contributed by atoms with E-state index in [1.165, 1.54) is 0 Å². The Morgan fingerprint density at radius 3 is 2.36 bits per heavy atom. The van der Waals surface area contributed by atoms with Crippen LogP contribution in [0.25, 0.3) is 0 Å². The van der Waals surface area contributed by atoms with Crippen molar-refractivity contribution in [2.24, 2.45) is 5.92 Å². The molecule has 25 heavy (non-hydrogen) atoms. The summed E-state index contributed by atoms with van der Waals surface area (Å²) in [5.74, 6) is -0.0935. The molecule has 1 saturated carbocycles. The van der Waals surface area contributed by atoms with Crippen molar-refractivity contribution in [3.8, 4) is 0 Å². The maximum absolute atomic E-state index is 12.7. The Bertz CT molecular complexity index is 742. The van der Waals surface area contributed by atoms with Gasteiger partial charge in [0.25, 0.3) is 5.91 Å². The summed E-state index contributed by atoms with van der Waals surface area (Å²) in [6.07, 6.45) is 3.32. The Kier molecular flexibility index (Phi) is 5.61. The van der Waals surface area contributed by atoms with Crippen molar-refractivity contribution < 1.29 is 14.7 Å². The number of benzene rings is 2. The van der Waals surface area contributed by atoms with Gasteiger partial charge in [-0.1, -0.05) is 55.0 Å². The largest absolute Gasteiger partial charge is 0.393 e. The smallest absolute Gasteiger partial charge is 0.252 e. The summed E-state index contributed by atoms with van der Waals surface area (Å²) in [5, 5.41) is 12.7. The van der Waals surface area contributed by atoms with Crippen molar-refractivity contribution in [2.45, 2.75) is 31.8 Å². The first kappa shape index (κ1) is 17.4. The fraction of sp³-hybridized carbons (Fsp3) is 0.333. The van der Waals surface area contributed by atoms with E-state index in [1.807, 2.05) is 18.2 Å². The van der Waals surface area contributed by atoms with Crippen LogP contribution in [0.15, 0.2) is 54.6 Å². The Balaban J connectivity index is 1.72. The molecule has 1 aliphatic carbocycles. The average Bonchev–Trinajstić information content (AvgIpc) is 2.66. The molecule has 130 valence electrons. The van der Waals surface area contributed by atoms with Crippen molar-refractivity contribution in [2.75, 3.05) is 6.54 Å². The Morgan fingerprint density at radius 1 is 0.960 bits per heavy atom. The van der Waals surface area contributed by atoms with Crippen LogP contribution in [0.5, 0.6) is 0 Å². The minimum absolute atomic E-state index is 0.153. The lowest BCUT2D eigenvalue weighted by Crippen LogP contribution is -2.33. The lowest BCUT2D eigenvalue weighted by atomic mass is 9.87. The molecule has 1 aliphatic rings. The number of carbonyl (C=O) groups excluding carboxylic acids is 2. The van der Waals surface area contributed by atoms with Gasteiger partial charge in [0.05, 0.1) is 11.7 Å². The highest BCUT2D eigenvalue weighted by atomic mass is 16.3. The minimum atomic E-state index is -0.261. The molecule has 2 aromatic rings. The Morgan fingerprint density at radius 2 is 1.64 bits per heavy atom. The molecule has 0 spiro atoms. The number of ketones is 1. The van der Waals surface area contributed by atoms with Gasteiger partial charge in [-0.15, -0.1) is 0 Å². The quantitative estimate of drug-likeness (QED) is 0.824. The zero-order valence-electron chi connectivity index (χ0n) is 14.2. The molecule has 0 bridgehead atoms. The predicted molar refractivity (Wildman–Crippen MR) is 96.6 cm³/mol. The number of hydrogen-bond donors (Lipinski definition) is 2. The molecular weight excluding hydrogens is 314 g/mol. The number of nitrogens with one attached hydrogen (secondary N) is 1. The van der Waals surface area contributed by atoms with Gasteiger partial charge in [-0.25, -0.2) is 0 Å². The second kappa shape index (κ2) is 8.08. The standard InChI is InChI=1S/C21H23NO3/c23-17-10-6-7-15(13-17)14-22-21(25)19-12-5-4-11-18(19)20(24)16-8-2-1-3-9-16/h1-5,8-9,11-12,15,17,23H,6-7,10,13-14H2,(H,22,25). The van der Waals surface area contributed by atoms with Crippen LogP contribution in [-0.4, -0.2) is 29.4 Å². The lowest BCUT2D eigenvalue weighted by molar-refractivity contribution is 0.0870. The van der Waals surface area contributed by atoms with Crippen molar-refractivity contribution in [1.29, 1.82) is 0 Å². The molecule has 2 aromatic carbocycles. The number of amides is 1. The first-order chi connectivity index (χ1) is 12.1. The number of carbonyl (C=O) groups is 2. The molecule has 1 fully saturated rings. The van der Waals surface area contributed by atoms with E-state index in [-0.39, 0.29) is 17.8 Å². The highest BCUT2D eigenvalue weighted by Gasteiger charge is 2.22. The maximum Gasteiger partial charge on any atom is 0.252 e. The summed E-state index contributed by atoms with van der Waals surface area (Å²) in [6, 6.07) is 15.9. The molecule has 3 rings (SSSR count). The van der Waals surface area contributed by atoms with Crippen molar-refractivity contribution in [1.82, 2.24) is 5.32 Å². The molecule has 2 atom stereocenters. The maximum atomic E-state index is 12.7. The fourth-order valence-electron chi connectivity index (χ4n) is 3.40. The summed E-state index contributed by atoms with van der Waals surface area (Å²) in [4.78, 5) is 25.3. The summed E-state index contributed by atoms with van der Waals surface area (Å²) in [6.45, 7) is 0.532. The zero-order chi connectivity index (χ0) is 17.6. The second-order valence-corrected chi connectivity index (χ2v) is 6.64. The minimum Gasteiger partial charge on any atom is -0.393 e. The van der Waals surface area contributed by atoms with E-state index in [9.17, 15) is 14.7 Å². The first-order valence-corrected chi connectivity index (χ1v) is 8.80. The van der Waals surface area contributed by atoms with E-state index in [4.69, 9.17) is 0 Å². The van der Waals surface area contributed by atoms with Gasteiger partial charge in [0.15, 0.2) is 5.78 Å². The number of rotatable bonds is 5. The summed E-state index contributed by atoms with van der Waals surface area (Å²) >= 11 is 0. The van der Waals surface area contributed by atoms with E-state index in [0.29, 0.717) is 29.2 Å². The van der Waals surface area contributed by atoms with Crippen LogP contribution in [0, 0.1) is 5.92 Å². The number of aliphatic hydroxyl groups is 1. The fourth-order valence-corrected chi connectivity index (χ4v) is 3.40. The third-order valence-corrected chi connectivity index (χ3v) is 4.76. The topological polar surface area (TPSA) is 66.4 Å². The molecule has 0 heterocycles. The van der Waals surface area contributed by atoms with E-state index >= 15 is 0 Å². The summed E-state index contributed by atoms with van der Waals surface area (Å²) < 4.78 is 0. The zero-order valence-corrected chi connectivity index (χ0v) is 14.2. The van der Waals surface area contributed by atoms with E-state index < -0.39 is 0 Å². The van der Waals surface area contributed by atoms with E-state index in [2.05, 4.69) is 5.32 Å². The van der Waals surface area contributed by atoms with Gasteiger partial charge < -0.3 is 10.4 Å². The molecule has 0 radical (unpaired) electrons. The van der Waals surface area contributed by atoms with Gasteiger partial charge >= 0.3 is 0 Å². The monoisotopic (exact) mass is 337 g/mol. The van der Waals surface area contributed by atoms with Gasteiger partial charge in [-0.05, 0) is 31.2 Å². The van der Waals surface area contributed by atoms with E-state index in [0.717, 1.165) is 25.7 Å². The van der Waals surface area contributed by atoms with Crippen molar-refractivity contribution in [3.63, 3.8) is 0 Å². The molecule has 2 N–H and O–H groups in total. The molecule has 2 unspecified atom stereocenters. The highest BCUT2D eigenvalue weighted by Crippen LogP contribution is 2.23. The predicted octanol–water partition coefficient (Wildman–Crippen LogP) is 3.20.